The number of carbonyl (C=O) groups is 3. The first-order valence-electron chi connectivity index (χ1n) is 5.73. The molecule has 21 heavy (non-hydrogen) atoms. The Bertz CT molecular complexity index is 658. The number of esters is 1. The summed E-state index contributed by atoms with van der Waals surface area (Å²) in [5.74, 6) is -1.13. The van der Waals surface area contributed by atoms with Crippen molar-refractivity contribution in [1.82, 2.24) is 4.90 Å². The van der Waals surface area contributed by atoms with Crippen molar-refractivity contribution in [2.24, 2.45) is 0 Å². The summed E-state index contributed by atoms with van der Waals surface area (Å²) in [5, 5.41) is 8.89. The van der Waals surface area contributed by atoms with Crippen LogP contribution in [-0.4, -0.2) is 40.8 Å². The Hall–Kier alpha value is -1.80. The monoisotopic (exact) mass is 371 g/mol. The van der Waals surface area contributed by atoms with Crippen molar-refractivity contribution in [3.05, 3.63) is 33.1 Å². The lowest BCUT2D eigenvalue weighted by Gasteiger charge is -2.09. The van der Waals surface area contributed by atoms with Crippen LogP contribution in [-0.2, 0) is 14.3 Å². The van der Waals surface area contributed by atoms with E-state index in [2.05, 4.69) is 20.7 Å². The highest BCUT2D eigenvalue weighted by Gasteiger charge is 2.36. The molecule has 1 fully saturated rings. The van der Waals surface area contributed by atoms with Gasteiger partial charge in [-0.05, 0) is 51.5 Å². The quantitative estimate of drug-likeness (QED) is 0.648. The van der Waals surface area contributed by atoms with Crippen molar-refractivity contribution in [1.29, 1.82) is 0 Å². The number of rotatable bonds is 3. The second-order valence-electron chi connectivity index (χ2n) is 4.05. The molecule has 1 aromatic carbocycles. The molecule has 1 aliphatic heterocycles. The summed E-state index contributed by atoms with van der Waals surface area (Å²) in [6.07, 6.45) is 1.52. The Morgan fingerprint density at radius 3 is 2.81 bits per heavy atom. The van der Waals surface area contributed by atoms with Crippen LogP contribution in [0.15, 0.2) is 27.6 Å². The van der Waals surface area contributed by atoms with Gasteiger partial charge in [0.25, 0.3) is 11.1 Å². The highest BCUT2D eigenvalue weighted by Crippen LogP contribution is 2.33. The SMILES string of the molecule is COC(=O)CN1C(=O)S/C(=C/c2ccc(O)c(Br)c2)C1=O. The molecule has 0 atom stereocenters. The number of halogens is 1. The molecule has 8 heteroatoms. The van der Waals surface area contributed by atoms with E-state index < -0.39 is 23.7 Å². The van der Waals surface area contributed by atoms with Gasteiger partial charge in [0, 0.05) is 0 Å². The number of methoxy groups -OCH3 is 1. The van der Waals surface area contributed by atoms with E-state index >= 15 is 0 Å². The van der Waals surface area contributed by atoms with Gasteiger partial charge in [-0.15, -0.1) is 0 Å². The van der Waals surface area contributed by atoms with E-state index in [0.717, 1.165) is 16.7 Å². The average molecular weight is 372 g/mol. The summed E-state index contributed by atoms with van der Waals surface area (Å²) < 4.78 is 4.92. The molecule has 110 valence electrons. The van der Waals surface area contributed by atoms with Gasteiger partial charge in [-0.25, -0.2) is 0 Å². The van der Waals surface area contributed by atoms with E-state index in [1.54, 1.807) is 12.1 Å². The van der Waals surface area contributed by atoms with Crippen LogP contribution in [0.1, 0.15) is 5.56 Å². The minimum atomic E-state index is -0.661. The van der Waals surface area contributed by atoms with Crippen LogP contribution < -0.4 is 0 Å². The number of ether oxygens (including phenoxy) is 1. The zero-order chi connectivity index (χ0) is 15.6. The molecule has 1 saturated heterocycles. The van der Waals surface area contributed by atoms with Gasteiger partial charge < -0.3 is 9.84 Å². The standard InChI is InChI=1S/C13H10BrNO5S/c1-20-11(17)6-15-12(18)10(21-13(15)19)5-7-2-3-9(16)8(14)4-7/h2-5,16H,6H2,1H3/b10-5+. The third-order valence-electron chi connectivity index (χ3n) is 2.66. The van der Waals surface area contributed by atoms with Crippen molar-refractivity contribution in [3.63, 3.8) is 0 Å². The van der Waals surface area contributed by atoms with Crippen LogP contribution in [0.3, 0.4) is 0 Å². The summed E-state index contributed by atoms with van der Waals surface area (Å²) in [6.45, 7) is -0.405. The topological polar surface area (TPSA) is 83.9 Å². The number of thioether (sulfide) groups is 1. The number of nitrogens with zero attached hydrogens (tertiary/aromatic N) is 1. The van der Waals surface area contributed by atoms with Crippen LogP contribution in [0.25, 0.3) is 6.08 Å². The highest BCUT2D eigenvalue weighted by atomic mass is 79.9. The molecule has 0 bridgehead atoms. The fourth-order valence-electron chi connectivity index (χ4n) is 1.59. The van der Waals surface area contributed by atoms with Crippen molar-refractivity contribution < 1.29 is 24.2 Å². The number of aromatic hydroxyl groups is 1. The summed E-state index contributed by atoms with van der Waals surface area (Å²) in [4.78, 5) is 36.0. The number of hydrogen-bond donors (Lipinski definition) is 1. The maximum atomic E-state index is 12.1. The molecular formula is C13H10BrNO5S. The smallest absolute Gasteiger partial charge is 0.325 e. The second kappa shape index (κ2) is 6.31. The lowest BCUT2D eigenvalue weighted by atomic mass is 10.2. The zero-order valence-corrected chi connectivity index (χ0v) is 13.2. The molecule has 0 aromatic heterocycles. The van der Waals surface area contributed by atoms with Crippen LogP contribution in [0.5, 0.6) is 5.75 Å². The Balaban J connectivity index is 2.23. The number of imide groups is 1. The number of phenolic OH excluding ortho intramolecular Hbond substituents is 1. The zero-order valence-electron chi connectivity index (χ0n) is 10.8. The molecular weight excluding hydrogens is 362 g/mol. The summed E-state index contributed by atoms with van der Waals surface area (Å²) in [5.41, 5.74) is 0.642. The first kappa shape index (κ1) is 15.6. The van der Waals surface area contributed by atoms with E-state index in [-0.39, 0.29) is 10.7 Å². The fourth-order valence-corrected chi connectivity index (χ4v) is 2.83. The third-order valence-corrected chi connectivity index (χ3v) is 4.20. The average Bonchev–Trinajstić information content (AvgIpc) is 2.70. The minimum Gasteiger partial charge on any atom is -0.507 e. The highest BCUT2D eigenvalue weighted by molar-refractivity contribution is 9.10. The van der Waals surface area contributed by atoms with Crippen LogP contribution in [0.2, 0.25) is 0 Å². The molecule has 0 unspecified atom stereocenters. The number of hydrogen-bond acceptors (Lipinski definition) is 6. The lowest BCUT2D eigenvalue weighted by molar-refractivity contribution is -0.143. The van der Waals surface area contributed by atoms with Crippen molar-refractivity contribution >= 4 is 50.9 Å². The van der Waals surface area contributed by atoms with Gasteiger partial charge in [-0.2, -0.15) is 0 Å². The Kier molecular flexibility index (Phi) is 4.69. The number of carbonyl (C=O) groups excluding carboxylic acids is 3. The summed E-state index contributed by atoms with van der Waals surface area (Å²) in [7, 11) is 1.19. The third kappa shape index (κ3) is 3.45. The minimum absolute atomic E-state index is 0.0749. The first-order chi connectivity index (χ1) is 9.92. The van der Waals surface area contributed by atoms with Gasteiger partial charge in [-0.3, -0.25) is 19.3 Å². The van der Waals surface area contributed by atoms with E-state index in [0.29, 0.717) is 10.0 Å². The molecule has 6 nitrogen and oxygen atoms in total. The molecule has 0 radical (unpaired) electrons. The van der Waals surface area contributed by atoms with E-state index in [4.69, 9.17) is 0 Å². The van der Waals surface area contributed by atoms with Crippen LogP contribution >= 0.6 is 27.7 Å². The lowest BCUT2D eigenvalue weighted by Crippen LogP contribution is -2.34. The van der Waals surface area contributed by atoms with E-state index in [9.17, 15) is 19.5 Å². The molecule has 2 rings (SSSR count). The van der Waals surface area contributed by atoms with Gasteiger partial charge in [-0.1, -0.05) is 6.07 Å². The Labute approximate surface area is 132 Å². The Morgan fingerprint density at radius 2 is 2.19 bits per heavy atom. The van der Waals surface area contributed by atoms with Gasteiger partial charge in [0.1, 0.15) is 12.3 Å². The predicted octanol–water partition coefficient (Wildman–Crippen LogP) is 2.36. The summed E-state index contributed by atoms with van der Waals surface area (Å²) >= 11 is 3.92. The van der Waals surface area contributed by atoms with Gasteiger partial charge in [0.05, 0.1) is 16.5 Å². The Morgan fingerprint density at radius 1 is 1.48 bits per heavy atom. The number of phenols is 1. The summed E-state index contributed by atoms with van der Waals surface area (Å²) in [6, 6.07) is 4.69. The largest absolute Gasteiger partial charge is 0.507 e. The maximum Gasteiger partial charge on any atom is 0.325 e. The number of amides is 2. The first-order valence-corrected chi connectivity index (χ1v) is 7.34. The van der Waals surface area contributed by atoms with Crippen molar-refractivity contribution in [3.8, 4) is 5.75 Å². The van der Waals surface area contributed by atoms with E-state index in [1.807, 2.05) is 0 Å². The molecule has 0 aliphatic carbocycles. The molecule has 1 N–H and O–H groups in total. The van der Waals surface area contributed by atoms with Gasteiger partial charge >= 0.3 is 5.97 Å². The normalized spacial score (nSPS) is 16.7. The molecule has 1 aliphatic rings. The van der Waals surface area contributed by atoms with Crippen LogP contribution in [0, 0.1) is 0 Å². The molecule has 1 aromatic rings. The van der Waals surface area contributed by atoms with Crippen molar-refractivity contribution in [2.75, 3.05) is 13.7 Å². The maximum absolute atomic E-state index is 12.1. The van der Waals surface area contributed by atoms with Crippen LogP contribution in [0.4, 0.5) is 4.79 Å². The molecule has 2 amide bonds. The second-order valence-corrected chi connectivity index (χ2v) is 5.90. The molecule has 0 saturated carbocycles. The fraction of sp³-hybridized carbons (Fsp3) is 0.154. The van der Waals surface area contributed by atoms with Crippen molar-refractivity contribution in [2.45, 2.75) is 0 Å². The van der Waals surface area contributed by atoms with E-state index in [1.165, 1.54) is 19.3 Å². The predicted molar refractivity (Wildman–Crippen MR) is 80.5 cm³/mol. The molecule has 0 spiro atoms. The van der Waals surface area contributed by atoms with Gasteiger partial charge in [0.15, 0.2) is 0 Å². The number of benzene rings is 1. The molecule has 1 heterocycles. The van der Waals surface area contributed by atoms with Gasteiger partial charge in [0.2, 0.25) is 0 Å².